The largest absolute Gasteiger partial charge is 0.484 e. The quantitative estimate of drug-likeness (QED) is 0.656. The molecule has 136 valence electrons. The average Bonchev–Trinajstić information content (AvgIpc) is 2.68. The van der Waals surface area contributed by atoms with Crippen LogP contribution >= 0.6 is 11.6 Å². The zero-order chi connectivity index (χ0) is 19.1. The molecule has 0 fully saturated rings. The molecule has 2 N–H and O–H groups in total. The van der Waals surface area contributed by atoms with E-state index in [1.165, 1.54) is 0 Å². The molecular formula is C21H17ClN2O3. The van der Waals surface area contributed by atoms with E-state index in [1.54, 1.807) is 60.7 Å². The third-order valence-electron chi connectivity index (χ3n) is 3.62. The van der Waals surface area contributed by atoms with Gasteiger partial charge in [0.1, 0.15) is 5.75 Å². The highest BCUT2D eigenvalue weighted by Crippen LogP contribution is 2.16. The summed E-state index contributed by atoms with van der Waals surface area (Å²) in [6.07, 6.45) is 0. The molecule has 0 aromatic heterocycles. The molecule has 0 atom stereocenters. The van der Waals surface area contributed by atoms with Crippen molar-refractivity contribution in [2.45, 2.75) is 0 Å². The first-order chi connectivity index (χ1) is 13.1. The van der Waals surface area contributed by atoms with E-state index in [9.17, 15) is 9.59 Å². The second-order valence-electron chi connectivity index (χ2n) is 5.69. The van der Waals surface area contributed by atoms with Gasteiger partial charge >= 0.3 is 0 Å². The Hall–Kier alpha value is -3.31. The van der Waals surface area contributed by atoms with Crippen molar-refractivity contribution < 1.29 is 14.3 Å². The predicted molar refractivity (Wildman–Crippen MR) is 106 cm³/mol. The Kier molecular flexibility index (Phi) is 6.07. The third-order valence-corrected chi connectivity index (χ3v) is 3.88. The summed E-state index contributed by atoms with van der Waals surface area (Å²) in [6, 6.07) is 22.6. The Bertz CT molecular complexity index is 928. The van der Waals surface area contributed by atoms with Gasteiger partial charge in [0.05, 0.1) is 0 Å². The lowest BCUT2D eigenvalue weighted by Gasteiger charge is -2.09. The van der Waals surface area contributed by atoms with Crippen molar-refractivity contribution in [2.75, 3.05) is 17.2 Å². The van der Waals surface area contributed by atoms with Crippen molar-refractivity contribution >= 4 is 34.8 Å². The van der Waals surface area contributed by atoms with Crippen molar-refractivity contribution in [3.63, 3.8) is 0 Å². The Morgan fingerprint density at radius 1 is 0.815 bits per heavy atom. The molecule has 3 aromatic rings. The molecule has 3 aromatic carbocycles. The molecule has 0 radical (unpaired) electrons. The Balaban J connectivity index is 1.57. The van der Waals surface area contributed by atoms with Crippen LogP contribution in [0.25, 0.3) is 0 Å². The summed E-state index contributed by atoms with van der Waals surface area (Å²) < 4.78 is 5.40. The number of nitrogens with one attached hydrogen (secondary N) is 2. The van der Waals surface area contributed by atoms with Crippen molar-refractivity contribution in [2.24, 2.45) is 0 Å². The molecule has 0 aliphatic rings. The number of hydrogen-bond donors (Lipinski definition) is 2. The van der Waals surface area contributed by atoms with Gasteiger partial charge in [-0.3, -0.25) is 9.59 Å². The topological polar surface area (TPSA) is 67.4 Å². The number of amides is 2. The molecule has 0 saturated heterocycles. The lowest BCUT2D eigenvalue weighted by Crippen LogP contribution is -2.20. The number of anilines is 2. The SMILES string of the molecule is O=C(COc1ccc(Cl)cc1)Nc1cccc(C(=O)Nc2ccccc2)c1. The number of ether oxygens (including phenoxy) is 1. The molecule has 0 unspecified atom stereocenters. The van der Waals surface area contributed by atoms with Gasteiger partial charge in [-0.1, -0.05) is 35.9 Å². The predicted octanol–water partition coefficient (Wildman–Crippen LogP) is 4.61. The van der Waals surface area contributed by atoms with Gasteiger partial charge in [0.25, 0.3) is 11.8 Å². The van der Waals surface area contributed by atoms with Crippen LogP contribution in [0.2, 0.25) is 5.02 Å². The molecular weight excluding hydrogens is 364 g/mol. The van der Waals surface area contributed by atoms with Crippen LogP contribution in [0.15, 0.2) is 78.9 Å². The Labute approximate surface area is 161 Å². The fourth-order valence-corrected chi connectivity index (χ4v) is 2.47. The summed E-state index contributed by atoms with van der Waals surface area (Å²) in [5, 5.41) is 6.11. The highest BCUT2D eigenvalue weighted by Gasteiger charge is 2.09. The van der Waals surface area contributed by atoms with E-state index in [0.29, 0.717) is 27.7 Å². The molecule has 2 amide bonds. The van der Waals surface area contributed by atoms with E-state index < -0.39 is 0 Å². The van der Waals surface area contributed by atoms with Crippen LogP contribution in [0.5, 0.6) is 5.75 Å². The zero-order valence-corrected chi connectivity index (χ0v) is 15.1. The van der Waals surface area contributed by atoms with Crippen LogP contribution in [0.4, 0.5) is 11.4 Å². The number of rotatable bonds is 6. The minimum atomic E-state index is -0.328. The van der Waals surface area contributed by atoms with Crippen LogP contribution in [-0.2, 0) is 4.79 Å². The number of para-hydroxylation sites is 1. The number of halogens is 1. The van der Waals surface area contributed by atoms with E-state index in [-0.39, 0.29) is 18.4 Å². The first-order valence-electron chi connectivity index (χ1n) is 8.25. The van der Waals surface area contributed by atoms with Gasteiger partial charge < -0.3 is 15.4 Å². The first-order valence-corrected chi connectivity index (χ1v) is 8.62. The van der Waals surface area contributed by atoms with E-state index in [1.807, 2.05) is 18.2 Å². The minimum Gasteiger partial charge on any atom is -0.484 e. The van der Waals surface area contributed by atoms with E-state index >= 15 is 0 Å². The van der Waals surface area contributed by atoms with E-state index in [4.69, 9.17) is 16.3 Å². The number of carbonyl (C=O) groups excluding carboxylic acids is 2. The zero-order valence-electron chi connectivity index (χ0n) is 14.3. The molecule has 0 saturated carbocycles. The van der Waals surface area contributed by atoms with Crippen LogP contribution < -0.4 is 15.4 Å². The standard InChI is InChI=1S/C21H17ClN2O3/c22-16-9-11-19(12-10-16)27-14-20(25)23-18-8-4-5-15(13-18)21(26)24-17-6-2-1-3-7-17/h1-13H,14H2,(H,23,25)(H,24,26). The summed E-state index contributed by atoms with van der Waals surface area (Å²) >= 11 is 5.81. The molecule has 27 heavy (non-hydrogen) atoms. The van der Waals surface area contributed by atoms with Crippen molar-refractivity contribution in [1.29, 1.82) is 0 Å². The summed E-state index contributed by atoms with van der Waals surface area (Å²) in [4.78, 5) is 24.4. The van der Waals surface area contributed by atoms with E-state index in [0.717, 1.165) is 0 Å². The maximum atomic E-state index is 12.3. The summed E-state index contributed by atoms with van der Waals surface area (Å²) in [5.74, 6) is -0.0363. The maximum Gasteiger partial charge on any atom is 0.262 e. The van der Waals surface area contributed by atoms with Crippen molar-refractivity contribution in [3.05, 3.63) is 89.4 Å². The van der Waals surface area contributed by atoms with Crippen LogP contribution in [0.3, 0.4) is 0 Å². The average molecular weight is 381 g/mol. The van der Waals surface area contributed by atoms with E-state index in [2.05, 4.69) is 10.6 Å². The molecule has 0 heterocycles. The highest BCUT2D eigenvalue weighted by atomic mass is 35.5. The number of benzene rings is 3. The summed E-state index contributed by atoms with van der Waals surface area (Å²) in [5.41, 5.74) is 1.66. The maximum absolute atomic E-state index is 12.3. The first kappa shape index (κ1) is 18.5. The lowest BCUT2D eigenvalue weighted by atomic mass is 10.2. The van der Waals surface area contributed by atoms with Crippen molar-refractivity contribution in [1.82, 2.24) is 0 Å². The van der Waals surface area contributed by atoms with Gasteiger partial charge in [0, 0.05) is 22.0 Å². The second-order valence-corrected chi connectivity index (χ2v) is 6.13. The third kappa shape index (κ3) is 5.59. The van der Waals surface area contributed by atoms with Gasteiger partial charge in [-0.25, -0.2) is 0 Å². The van der Waals surface area contributed by atoms with Gasteiger partial charge in [-0.2, -0.15) is 0 Å². The Morgan fingerprint density at radius 2 is 1.52 bits per heavy atom. The number of hydrogen-bond acceptors (Lipinski definition) is 3. The molecule has 5 nitrogen and oxygen atoms in total. The van der Waals surface area contributed by atoms with Crippen molar-refractivity contribution in [3.8, 4) is 5.75 Å². The van der Waals surface area contributed by atoms with Gasteiger partial charge in [0.2, 0.25) is 0 Å². The summed E-state index contributed by atoms with van der Waals surface area (Å²) in [7, 11) is 0. The lowest BCUT2D eigenvalue weighted by molar-refractivity contribution is -0.118. The van der Waals surface area contributed by atoms with Gasteiger partial charge in [0.15, 0.2) is 6.61 Å². The molecule has 0 aliphatic heterocycles. The smallest absolute Gasteiger partial charge is 0.262 e. The second kappa shape index (κ2) is 8.87. The molecule has 0 bridgehead atoms. The molecule has 0 aliphatic carbocycles. The normalized spacial score (nSPS) is 10.1. The van der Waals surface area contributed by atoms with Crippen LogP contribution in [0, 0.1) is 0 Å². The summed E-state index contributed by atoms with van der Waals surface area (Å²) in [6.45, 7) is -0.151. The Morgan fingerprint density at radius 3 is 2.26 bits per heavy atom. The molecule has 6 heteroatoms. The molecule has 0 spiro atoms. The number of carbonyl (C=O) groups is 2. The monoisotopic (exact) mass is 380 g/mol. The fraction of sp³-hybridized carbons (Fsp3) is 0.0476. The van der Waals surface area contributed by atoms with Gasteiger partial charge in [-0.05, 0) is 54.6 Å². The highest BCUT2D eigenvalue weighted by molar-refractivity contribution is 6.30. The van der Waals surface area contributed by atoms with Crippen LogP contribution in [0.1, 0.15) is 10.4 Å². The van der Waals surface area contributed by atoms with Crippen LogP contribution in [-0.4, -0.2) is 18.4 Å². The minimum absolute atomic E-state index is 0.151. The molecule has 3 rings (SSSR count). The van der Waals surface area contributed by atoms with Gasteiger partial charge in [-0.15, -0.1) is 0 Å². The fourth-order valence-electron chi connectivity index (χ4n) is 2.34.